The zero-order valence-corrected chi connectivity index (χ0v) is 13.8. The Kier molecular flexibility index (Phi) is 8.57. The van der Waals surface area contributed by atoms with Gasteiger partial charge in [-0.1, -0.05) is 51.2 Å². The highest BCUT2D eigenvalue weighted by Crippen LogP contribution is 2.11. The molecule has 0 unspecified atom stereocenters. The van der Waals surface area contributed by atoms with Crippen molar-refractivity contribution in [2.24, 2.45) is 5.73 Å². The van der Waals surface area contributed by atoms with Gasteiger partial charge >= 0.3 is 0 Å². The van der Waals surface area contributed by atoms with Gasteiger partial charge in [-0.25, -0.2) is 13.1 Å². The summed E-state index contributed by atoms with van der Waals surface area (Å²) in [5.74, 6) is 0. The van der Waals surface area contributed by atoms with Crippen LogP contribution in [0.2, 0.25) is 0 Å². The van der Waals surface area contributed by atoms with Gasteiger partial charge in [0.2, 0.25) is 10.0 Å². The SMILES string of the molecule is CCCCCCCCNS(=O)(=O)c1ccc(CCN)cc1. The fourth-order valence-corrected chi connectivity index (χ4v) is 3.27. The Balaban J connectivity index is 2.35. The summed E-state index contributed by atoms with van der Waals surface area (Å²) in [6.45, 7) is 3.27. The number of rotatable bonds is 11. The van der Waals surface area contributed by atoms with Crippen molar-refractivity contribution in [1.29, 1.82) is 0 Å². The van der Waals surface area contributed by atoms with Crippen LogP contribution in [0.25, 0.3) is 0 Å². The molecule has 0 bridgehead atoms. The second-order valence-electron chi connectivity index (χ2n) is 5.35. The van der Waals surface area contributed by atoms with Gasteiger partial charge in [-0.3, -0.25) is 0 Å². The molecule has 0 spiro atoms. The summed E-state index contributed by atoms with van der Waals surface area (Å²) in [4.78, 5) is 0.328. The van der Waals surface area contributed by atoms with Gasteiger partial charge in [0.05, 0.1) is 4.90 Å². The molecule has 0 atom stereocenters. The van der Waals surface area contributed by atoms with Crippen molar-refractivity contribution >= 4 is 10.0 Å². The summed E-state index contributed by atoms with van der Waals surface area (Å²) < 4.78 is 26.9. The van der Waals surface area contributed by atoms with E-state index in [2.05, 4.69) is 11.6 Å². The van der Waals surface area contributed by atoms with E-state index < -0.39 is 10.0 Å². The summed E-state index contributed by atoms with van der Waals surface area (Å²) in [5.41, 5.74) is 6.54. The minimum atomic E-state index is -3.37. The van der Waals surface area contributed by atoms with Gasteiger partial charge in [0.1, 0.15) is 0 Å². The zero-order chi connectivity index (χ0) is 15.6. The van der Waals surface area contributed by atoms with Crippen molar-refractivity contribution < 1.29 is 8.42 Å². The van der Waals surface area contributed by atoms with E-state index in [1.54, 1.807) is 12.1 Å². The predicted molar refractivity (Wildman–Crippen MR) is 87.8 cm³/mol. The van der Waals surface area contributed by atoms with Gasteiger partial charge in [-0.2, -0.15) is 0 Å². The van der Waals surface area contributed by atoms with E-state index in [1.165, 1.54) is 25.7 Å². The molecule has 0 aromatic heterocycles. The van der Waals surface area contributed by atoms with E-state index in [0.717, 1.165) is 24.8 Å². The lowest BCUT2D eigenvalue weighted by Crippen LogP contribution is -2.24. The third-order valence-electron chi connectivity index (χ3n) is 3.49. The molecule has 0 heterocycles. The second kappa shape index (κ2) is 9.92. The van der Waals surface area contributed by atoms with Gasteiger partial charge in [-0.15, -0.1) is 0 Å². The van der Waals surface area contributed by atoms with E-state index >= 15 is 0 Å². The predicted octanol–water partition coefficient (Wildman–Crippen LogP) is 2.83. The van der Waals surface area contributed by atoms with Crippen LogP contribution in [0.15, 0.2) is 29.2 Å². The van der Waals surface area contributed by atoms with Gasteiger partial charge in [0.25, 0.3) is 0 Å². The molecule has 1 aromatic carbocycles. The van der Waals surface area contributed by atoms with Crippen LogP contribution in [0, 0.1) is 0 Å². The number of unbranched alkanes of at least 4 members (excludes halogenated alkanes) is 5. The van der Waals surface area contributed by atoms with E-state index in [0.29, 0.717) is 18.0 Å². The molecule has 0 amide bonds. The standard InChI is InChI=1S/C16H28N2O2S/c1-2-3-4-5-6-7-14-18-21(19,20)16-10-8-15(9-11-16)12-13-17/h8-11,18H,2-7,12-14,17H2,1H3. The van der Waals surface area contributed by atoms with Gasteiger partial charge in [0.15, 0.2) is 0 Å². The number of nitrogens with one attached hydrogen (secondary N) is 1. The van der Waals surface area contributed by atoms with Crippen molar-refractivity contribution in [3.63, 3.8) is 0 Å². The van der Waals surface area contributed by atoms with Gasteiger partial charge < -0.3 is 5.73 Å². The highest BCUT2D eigenvalue weighted by molar-refractivity contribution is 7.89. The molecule has 120 valence electrons. The minimum Gasteiger partial charge on any atom is -0.330 e. The van der Waals surface area contributed by atoms with Crippen LogP contribution in [-0.2, 0) is 16.4 Å². The number of benzene rings is 1. The highest BCUT2D eigenvalue weighted by atomic mass is 32.2. The smallest absolute Gasteiger partial charge is 0.240 e. The van der Waals surface area contributed by atoms with Crippen molar-refractivity contribution in [2.45, 2.75) is 56.8 Å². The molecule has 21 heavy (non-hydrogen) atoms. The Morgan fingerprint density at radius 3 is 2.24 bits per heavy atom. The molecule has 0 fully saturated rings. The lowest BCUT2D eigenvalue weighted by Gasteiger charge is -2.07. The van der Waals surface area contributed by atoms with Crippen LogP contribution in [0.3, 0.4) is 0 Å². The molecule has 0 aliphatic rings. The fraction of sp³-hybridized carbons (Fsp3) is 0.625. The Bertz CT molecular complexity index is 484. The zero-order valence-electron chi connectivity index (χ0n) is 13.0. The molecule has 3 N–H and O–H groups in total. The maximum Gasteiger partial charge on any atom is 0.240 e. The molecule has 4 nitrogen and oxygen atoms in total. The van der Waals surface area contributed by atoms with Crippen LogP contribution < -0.4 is 10.5 Å². The van der Waals surface area contributed by atoms with E-state index in [1.807, 2.05) is 12.1 Å². The molecule has 1 aromatic rings. The van der Waals surface area contributed by atoms with Crippen molar-refractivity contribution in [3.05, 3.63) is 29.8 Å². The number of sulfonamides is 1. The van der Waals surface area contributed by atoms with E-state index in [9.17, 15) is 8.42 Å². The largest absolute Gasteiger partial charge is 0.330 e. The Labute approximate surface area is 129 Å². The molecule has 1 rings (SSSR count). The quantitative estimate of drug-likeness (QED) is 0.617. The Morgan fingerprint density at radius 1 is 1.00 bits per heavy atom. The van der Waals surface area contributed by atoms with E-state index in [4.69, 9.17) is 5.73 Å². The van der Waals surface area contributed by atoms with Crippen LogP contribution in [0.5, 0.6) is 0 Å². The Morgan fingerprint density at radius 2 is 1.62 bits per heavy atom. The summed E-state index contributed by atoms with van der Waals surface area (Å²) in [7, 11) is -3.37. The number of hydrogen-bond donors (Lipinski definition) is 2. The molecule has 0 saturated carbocycles. The fourth-order valence-electron chi connectivity index (χ4n) is 2.20. The number of nitrogens with two attached hydrogens (primary N) is 1. The first-order valence-electron chi connectivity index (χ1n) is 7.89. The van der Waals surface area contributed by atoms with Crippen LogP contribution in [0.4, 0.5) is 0 Å². The van der Waals surface area contributed by atoms with E-state index in [-0.39, 0.29) is 0 Å². The van der Waals surface area contributed by atoms with Crippen molar-refractivity contribution in [3.8, 4) is 0 Å². The third kappa shape index (κ3) is 7.07. The first kappa shape index (κ1) is 18.1. The number of hydrogen-bond acceptors (Lipinski definition) is 3. The topological polar surface area (TPSA) is 72.2 Å². The first-order chi connectivity index (χ1) is 10.1. The summed E-state index contributed by atoms with van der Waals surface area (Å²) >= 11 is 0. The molecular formula is C16H28N2O2S. The average molecular weight is 312 g/mol. The van der Waals surface area contributed by atoms with Gasteiger partial charge in [-0.05, 0) is 37.1 Å². The molecule has 0 saturated heterocycles. The van der Waals surface area contributed by atoms with Crippen LogP contribution in [0.1, 0.15) is 51.0 Å². The van der Waals surface area contributed by atoms with Crippen molar-refractivity contribution in [1.82, 2.24) is 4.72 Å². The second-order valence-corrected chi connectivity index (χ2v) is 7.12. The summed E-state index contributed by atoms with van der Waals surface area (Å²) in [6.07, 6.45) is 7.67. The van der Waals surface area contributed by atoms with Crippen LogP contribution in [-0.4, -0.2) is 21.5 Å². The first-order valence-corrected chi connectivity index (χ1v) is 9.37. The molecule has 5 heteroatoms. The Hall–Kier alpha value is -0.910. The van der Waals surface area contributed by atoms with Gasteiger partial charge in [0, 0.05) is 6.54 Å². The average Bonchev–Trinajstić information content (AvgIpc) is 2.47. The van der Waals surface area contributed by atoms with Crippen LogP contribution >= 0.6 is 0 Å². The normalized spacial score (nSPS) is 11.7. The monoisotopic (exact) mass is 312 g/mol. The molecule has 0 aliphatic heterocycles. The summed E-state index contributed by atoms with van der Waals surface area (Å²) in [6, 6.07) is 6.95. The third-order valence-corrected chi connectivity index (χ3v) is 4.97. The lowest BCUT2D eigenvalue weighted by atomic mass is 10.1. The molecule has 0 aliphatic carbocycles. The van der Waals surface area contributed by atoms with Crippen molar-refractivity contribution in [2.75, 3.05) is 13.1 Å². The molecular weight excluding hydrogens is 284 g/mol. The summed E-state index contributed by atoms with van der Waals surface area (Å²) in [5, 5.41) is 0. The lowest BCUT2D eigenvalue weighted by molar-refractivity contribution is 0.567. The molecule has 0 radical (unpaired) electrons. The maximum atomic E-state index is 12.1. The maximum absolute atomic E-state index is 12.1. The minimum absolute atomic E-state index is 0.328. The highest BCUT2D eigenvalue weighted by Gasteiger charge is 2.12.